The van der Waals surface area contributed by atoms with Crippen LogP contribution in [0.3, 0.4) is 0 Å². The first-order valence-electron chi connectivity index (χ1n) is 6.12. The zero-order chi connectivity index (χ0) is 14.6. The lowest BCUT2D eigenvalue weighted by Crippen LogP contribution is -1.94. The molecule has 8 heteroatoms. The van der Waals surface area contributed by atoms with E-state index in [0.29, 0.717) is 11.5 Å². The van der Waals surface area contributed by atoms with E-state index in [9.17, 15) is 0 Å². The van der Waals surface area contributed by atoms with Crippen molar-refractivity contribution in [3.05, 3.63) is 40.3 Å². The van der Waals surface area contributed by atoms with Gasteiger partial charge < -0.3 is 0 Å². The summed E-state index contributed by atoms with van der Waals surface area (Å²) >= 11 is 9.64. The quantitative estimate of drug-likeness (QED) is 0.488. The van der Waals surface area contributed by atoms with Gasteiger partial charge in [0.1, 0.15) is 0 Å². The Morgan fingerprint density at radius 3 is 2.86 bits per heavy atom. The second kappa shape index (κ2) is 4.51. The van der Waals surface area contributed by atoms with Gasteiger partial charge in [-0.05, 0) is 29.8 Å². The summed E-state index contributed by atoms with van der Waals surface area (Å²) in [4.78, 5) is 8.93. The predicted octanol–water partition coefficient (Wildman–Crippen LogP) is 3.09. The molecule has 0 spiro atoms. The first-order valence-corrected chi connectivity index (χ1v) is 7.29. The Morgan fingerprint density at radius 2 is 2.10 bits per heavy atom. The minimum Gasteiger partial charge on any atom is -0.275 e. The van der Waals surface area contributed by atoms with Gasteiger partial charge in [-0.1, -0.05) is 15.9 Å². The maximum atomic E-state index is 6.21. The SMILES string of the molecule is Cn1cc(-c2nc3c4ccc(Br)cc4nc(Cl)n3n2)cn1. The largest absolute Gasteiger partial charge is 0.275 e. The van der Waals surface area contributed by atoms with E-state index in [2.05, 4.69) is 36.1 Å². The molecule has 6 nitrogen and oxygen atoms in total. The predicted molar refractivity (Wildman–Crippen MR) is 83.2 cm³/mol. The Bertz CT molecular complexity index is 989. The van der Waals surface area contributed by atoms with Crippen LogP contribution < -0.4 is 0 Å². The highest BCUT2D eigenvalue weighted by Crippen LogP contribution is 2.25. The van der Waals surface area contributed by atoms with Crippen LogP contribution in [0.1, 0.15) is 0 Å². The zero-order valence-corrected chi connectivity index (χ0v) is 13.2. The summed E-state index contributed by atoms with van der Waals surface area (Å²) in [6.45, 7) is 0. The number of benzene rings is 1. The van der Waals surface area contributed by atoms with Crippen LogP contribution in [0, 0.1) is 0 Å². The van der Waals surface area contributed by atoms with Crippen LogP contribution in [-0.2, 0) is 7.05 Å². The van der Waals surface area contributed by atoms with Crippen LogP contribution in [0.15, 0.2) is 35.1 Å². The van der Waals surface area contributed by atoms with E-state index in [1.807, 2.05) is 31.4 Å². The average molecular weight is 364 g/mol. The Balaban J connectivity index is 2.06. The van der Waals surface area contributed by atoms with E-state index < -0.39 is 0 Å². The van der Waals surface area contributed by atoms with Crippen molar-refractivity contribution < 1.29 is 0 Å². The third kappa shape index (κ3) is 2.00. The molecule has 0 radical (unpaired) electrons. The van der Waals surface area contributed by atoms with Gasteiger partial charge in [-0.3, -0.25) is 4.68 Å². The standard InChI is InChI=1S/C13H8BrClN6/c1-20-6-7(5-16-20)11-18-12-9-3-2-8(14)4-10(9)17-13(15)21(12)19-11/h2-6H,1H3. The lowest BCUT2D eigenvalue weighted by atomic mass is 10.2. The van der Waals surface area contributed by atoms with Crippen LogP contribution in [0.5, 0.6) is 0 Å². The molecule has 21 heavy (non-hydrogen) atoms. The normalized spacial score (nSPS) is 11.6. The van der Waals surface area contributed by atoms with Gasteiger partial charge in [-0.15, -0.1) is 5.10 Å². The Labute approximate surface area is 132 Å². The molecule has 0 aliphatic rings. The van der Waals surface area contributed by atoms with E-state index in [0.717, 1.165) is 20.9 Å². The fourth-order valence-electron chi connectivity index (χ4n) is 2.21. The highest BCUT2D eigenvalue weighted by Gasteiger charge is 2.14. The highest BCUT2D eigenvalue weighted by atomic mass is 79.9. The van der Waals surface area contributed by atoms with Crippen LogP contribution >= 0.6 is 27.5 Å². The summed E-state index contributed by atoms with van der Waals surface area (Å²) in [5, 5.41) is 9.72. The molecule has 0 bridgehead atoms. The first-order chi connectivity index (χ1) is 10.1. The van der Waals surface area contributed by atoms with Gasteiger partial charge in [-0.2, -0.15) is 9.61 Å². The summed E-state index contributed by atoms with van der Waals surface area (Å²) < 4.78 is 4.19. The van der Waals surface area contributed by atoms with E-state index in [1.165, 1.54) is 0 Å². The molecule has 0 aliphatic carbocycles. The fourth-order valence-corrected chi connectivity index (χ4v) is 2.77. The number of hydrogen-bond donors (Lipinski definition) is 0. The second-order valence-corrected chi connectivity index (χ2v) is 5.87. The molecule has 0 N–H and O–H groups in total. The molecular formula is C13H8BrClN6. The topological polar surface area (TPSA) is 60.9 Å². The van der Waals surface area contributed by atoms with Crippen molar-refractivity contribution in [3.63, 3.8) is 0 Å². The molecule has 0 fully saturated rings. The molecule has 0 amide bonds. The van der Waals surface area contributed by atoms with Crippen molar-refractivity contribution in [2.45, 2.75) is 0 Å². The first kappa shape index (κ1) is 12.7. The lowest BCUT2D eigenvalue weighted by Gasteiger charge is -2.01. The van der Waals surface area contributed by atoms with Gasteiger partial charge in [0.15, 0.2) is 11.5 Å². The maximum Gasteiger partial charge on any atom is 0.226 e. The zero-order valence-electron chi connectivity index (χ0n) is 10.8. The molecule has 1 aromatic carbocycles. The van der Waals surface area contributed by atoms with Crippen molar-refractivity contribution in [2.24, 2.45) is 7.05 Å². The number of fused-ring (bicyclic) bond motifs is 3. The molecule has 0 saturated carbocycles. The summed E-state index contributed by atoms with van der Waals surface area (Å²) in [5.41, 5.74) is 2.28. The molecule has 4 aromatic rings. The van der Waals surface area contributed by atoms with Crippen LogP contribution in [0.2, 0.25) is 5.28 Å². The highest BCUT2D eigenvalue weighted by molar-refractivity contribution is 9.10. The van der Waals surface area contributed by atoms with Crippen LogP contribution in [0.4, 0.5) is 0 Å². The number of aromatic nitrogens is 6. The van der Waals surface area contributed by atoms with Crippen molar-refractivity contribution in [3.8, 4) is 11.4 Å². The minimum absolute atomic E-state index is 0.276. The van der Waals surface area contributed by atoms with Gasteiger partial charge in [0.25, 0.3) is 0 Å². The molecule has 0 aliphatic heterocycles. The molecule has 3 aromatic heterocycles. The third-order valence-corrected chi connectivity index (χ3v) is 3.90. The van der Waals surface area contributed by atoms with E-state index in [-0.39, 0.29) is 5.28 Å². The molecular weight excluding hydrogens is 356 g/mol. The van der Waals surface area contributed by atoms with E-state index >= 15 is 0 Å². The van der Waals surface area contributed by atoms with Gasteiger partial charge in [0, 0.05) is 23.1 Å². The Morgan fingerprint density at radius 1 is 1.24 bits per heavy atom. The number of aryl methyl sites for hydroxylation is 1. The summed E-state index contributed by atoms with van der Waals surface area (Å²) in [6, 6.07) is 5.79. The van der Waals surface area contributed by atoms with Crippen molar-refractivity contribution >= 4 is 44.1 Å². The molecule has 4 rings (SSSR count). The molecule has 104 valence electrons. The molecule has 0 unspecified atom stereocenters. The van der Waals surface area contributed by atoms with Crippen molar-refractivity contribution in [1.82, 2.24) is 29.4 Å². The van der Waals surface area contributed by atoms with Crippen molar-refractivity contribution in [1.29, 1.82) is 0 Å². The monoisotopic (exact) mass is 362 g/mol. The smallest absolute Gasteiger partial charge is 0.226 e. The second-order valence-electron chi connectivity index (χ2n) is 4.62. The maximum absolute atomic E-state index is 6.21. The van der Waals surface area contributed by atoms with Crippen molar-refractivity contribution in [2.75, 3.05) is 0 Å². The van der Waals surface area contributed by atoms with Gasteiger partial charge in [0.05, 0.1) is 17.3 Å². The number of hydrogen-bond acceptors (Lipinski definition) is 4. The van der Waals surface area contributed by atoms with Gasteiger partial charge >= 0.3 is 0 Å². The van der Waals surface area contributed by atoms with E-state index in [1.54, 1.807) is 15.4 Å². The average Bonchev–Trinajstić information content (AvgIpc) is 3.05. The third-order valence-electron chi connectivity index (χ3n) is 3.16. The minimum atomic E-state index is 0.276. The number of nitrogens with zero attached hydrogens (tertiary/aromatic N) is 6. The summed E-state index contributed by atoms with van der Waals surface area (Å²) in [7, 11) is 1.85. The molecule has 3 heterocycles. The summed E-state index contributed by atoms with van der Waals surface area (Å²) in [6.07, 6.45) is 3.57. The Kier molecular flexibility index (Phi) is 2.73. The lowest BCUT2D eigenvalue weighted by molar-refractivity contribution is 0.768. The Hall–Kier alpha value is -1.99. The van der Waals surface area contributed by atoms with Crippen LogP contribution in [-0.4, -0.2) is 29.4 Å². The van der Waals surface area contributed by atoms with Crippen LogP contribution in [0.25, 0.3) is 27.9 Å². The van der Waals surface area contributed by atoms with Gasteiger partial charge in [0.2, 0.25) is 5.28 Å². The number of rotatable bonds is 1. The van der Waals surface area contributed by atoms with Gasteiger partial charge in [-0.25, -0.2) is 9.97 Å². The molecule has 0 saturated heterocycles. The summed E-state index contributed by atoms with van der Waals surface area (Å²) in [5.74, 6) is 0.571. The molecule has 0 atom stereocenters. The van der Waals surface area contributed by atoms with E-state index in [4.69, 9.17) is 11.6 Å². The fraction of sp³-hybridized carbons (Fsp3) is 0.0769. The number of halogens is 2.